The average Bonchev–Trinajstić information content (AvgIpc) is 3.52. The first-order chi connectivity index (χ1) is 22.6. The number of carbonyl (C=O) groups excluding carboxylic acids is 3. The number of rotatable bonds is 9. The van der Waals surface area contributed by atoms with Gasteiger partial charge >= 0.3 is 6.61 Å². The van der Waals surface area contributed by atoms with Crippen LogP contribution in [0.25, 0.3) is 5.57 Å². The van der Waals surface area contributed by atoms with Crippen molar-refractivity contribution < 1.29 is 29.3 Å². The number of hydrogen-bond acceptors (Lipinski definition) is 5. The third-order valence-electron chi connectivity index (χ3n) is 8.86. The van der Waals surface area contributed by atoms with Crippen LogP contribution in [0, 0.1) is 31.6 Å². The molecule has 5 nitrogen and oxygen atoms in total. The molecule has 0 N–H and O–H groups in total. The summed E-state index contributed by atoms with van der Waals surface area (Å²) in [6.45, 7) is 4.69. The number of fused-ring (bicyclic) bond motifs is 1. The molecule has 0 amide bonds. The molecule has 3 aliphatic rings. The van der Waals surface area contributed by atoms with Crippen LogP contribution in [-0.4, -0.2) is 29.7 Å². The minimum atomic E-state index is -2.79. The Morgan fingerprint density at radius 2 is 1.51 bits per heavy atom. The van der Waals surface area contributed by atoms with Crippen LogP contribution in [0.4, 0.5) is 8.78 Å². The number of aryl methyl sites for hydroxylation is 2. The van der Waals surface area contributed by atoms with E-state index in [1.54, 1.807) is 48.5 Å². The van der Waals surface area contributed by atoms with E-state index in [-0.39, 0.29) is 42.3 Å². The molecule has 1 aliphatic heterocycles. The summed E-state index contributed by atoms with van der Waals surface area (Å²) in [7, 11) is 0. The molecule has 1 fully saturated rings. The van der Waals surface area contributed by atoms with Gasteiger partial charge in [-0.1, -0.05) is 85.0 Å². The lowest BCUT2D eigenvalue weighted by Gasteiger charge is -2.27. The van der Waals surface area contributed by atoms with Crippen LogP contribution >= 0.6 is 0 Å². The van der Waals surface area contributed by atoms with Crippen molar-refractivity contribution in [2.45, 2.75) is 46.1 Å². The van der Waals surface area contributed by atoms with Crippen LogP contribution in [0.5, 0.6) is 5.75 Å². The van der Waals surface area contributed by atoms with Gasteiger partial charge in [0, 0.05) is 42.1 Å². The highest BCUT2D eigenvalue weighted by atomic mass is 19.3. The van der Waals surface area contributed by atoms with Gasteiger partial charge in [0.25, 0.3) is 0 Å². The Morgan fingerprint density at radius 3 is 2.13 bits per heavy atom. The molecule has 0 saturated heterocycles. The molecule has 1 unspecified atom stereocenters. The van der Waals surface area contributed by atoms with E-state index in [0.29, 0.717) is 11.1 Å². The third kappa shape index (κ3) is 8.04. The van der Waals surface area contributed by atoms with Crippen LogP contribution in [-0.2, 0) is 0 Å². The van der Waals surface area contributed by atoms with E-state index in [4.69, 9.17) is 0 Å². The van der Waals surface area contributed by atoms with Crippen LogP contribution < -0.4 is 4.74 Å². The van der Waals surface area contributed by atoms with Crippen molar-refractivity contribution in [3.05, 3.63) is 143 Å². The number of Topliss-reactive ketones (excluding diaryl/α,β-unsaturated/α-hetero) is 2. The highest BCUT2D eigenvalue weighted by Gasteiger charge is 2.31. The topological polar surface area (TPSA) is 72.8 Å². The number of halogens is 2. The number of allylic oxidation sites excluding steroid dienone is 6. The number of ether oxygens (including phenoxy) is 1. The van der Waals surface area contributed by atoms with Crippen molar-refractivity contribution in [2.75, 3.05) is 0 Å². The second kappa shape index (κ2) is 15.0. The summed E-state index contributed by atoms with van der Waals surface area (Å²) in [6.07, 6.45) is 14.0. The summed E-state index contributed by atoms with van der Waals surface area (Å²) in [6, 6.07) is 19.4. The minimum Gasteiger partial charge on any atom is -0.435 e. The predicted octanol–water partition coefficient (Wildman–Crippen LogP) is 9.62. The number of hydrogen-bond donors (Lipinski definition) is 0. The van der Waals surface area contributed by atoms with E-state index in [9.17, 15) is 23.2 Å². The van der Waals surface area contributed by atoms with Gasteiger partial charge in [0.15, 0.2) is 17.3 Å². The van der Waals surface area contributed by atoms with Crippen LogP contribution in [0.3, 0.4) is 0 Å². The number of alkyl halides is 2. The van der Waals surface area contributed by atoms with E-state index < -0.39 is 6.61 Å². The molecule has 3 aromatic rings. The Morgan fingerprint density at radius 1 is 0.872 bits per heavy atom. The van der Waals surface area contributed by atoms with E-state index in [0.717, 1.165) is 59.2 Å². The summed E-state index contributed by atoms with van der Waals surface area (Å²) < 4.78 is 28.5. The molecule has 1 saturated carbocycles. The minimum absolute atomic E-state index is 0. The smallest absolute Gasteiger partial charge is 0.387 e. The molecular formula is C40H39F2NO4. The van der Waals surface area contributed by atoms with Crippen molar-refractivity contribution in [3.63, 3.8) is 0 Å². The quantitative estimate of drug-likeness (QED) is 0.173. The zero-order valence-electron chi connectivity index (χ0n) is 26.5. The van der Waals surface area contributed by atoms with Crippen molar-refractivity contribution >= 4 is 28.6 Å². The lowest BCUT2D eigenvalue weighted by molar-refractivity contribution is -0.0498. The fourth-order valence-corrected chi connectivity index (χ4v) is 6.31. The van der Waals surface area contributed by atoms with Crippen LogP contribution in [0.2, 0.25) is 0 Å². The molecule has 0 spiro atoms. The highest BCUT2D eigenvalue weighted by molar-refractivity contribution is 6.10. The van der Waals surface area contributed by atoms with E-state index >= 15 is 0 Å². The first-order valence-electron chi connectivity index (χ1n) is 15.7. The second-order valence-corrected chi connectivity index (χ2v) is 12.0. The fraction of sp³-hybridized carbons (Fsp3) is 0.250. The summed E-state index contributed by atoms with van der Waals surface area (Å²) in [5.74, 6) is 0.432. The summed E-state index contributed by atoms with van der Waals surface area (Å²) in [5.41, 5.74) is 7.19. The Bertz CT molecular complexity index is 1780. The van der Waals surface area contributed by atoms with Gasteiger partial charge in [-0.25, -0.2) is 0 Å². The van der Waals surface area contributed by atoms with Crippen LogP contribution in [0.15, 0.2) is 115 Å². The molecule has 242 valence electrons. The van der Waals surface area contributed by atoms with Gasteiger partial charge in [-0.15, -0.1) is 0 Å². The predicted molar refractivity (Wildman–Crippen MR) is 183 cm³/mol. The van der Waals surface area contributed by atoms with Crippen molar-refractivity contribution in [2.24, 2.45) is 22.7 Å². The SMILES string of the molecule is C=CC(=O)c1ccc(C(=O)C2CCC(C(=O)c3ccc(C)cc3C)CC2)cc1.FC(F)Oc1ccc(C2=CN=C3C=CC=CC23)cc1.[HH]. The number of nitrogens with zero attached hydrogens (tertiary/aromatic N) is 1. The maximum absolute atomic E-state index is 12.9. The number of aliphatic imine (C=N–C) groups is 1. The van der Waals surface area contributed by atoms with E-state index in [1.165, 1.54) is 6.08 Å². The molecule has 0 bridgehead atoms. The number of ketones is 3. The van der Waals surface area contributed by atoms with Gasteiger partial charge in [0.05, 0.1) is 5.71 Å². The lowest BCUT2D eigenvalue weighted by atomic mass is 9.75. The van der Waals surface area contributed by atoms with E-state index in [1.807, 2.05) is 56.5 Å². The molecule has 0 radical (unpaired) electrons. The standard InChI is InChI=1S/C25H26O3.C15H11F2NO.H2/c1-4-23(26)18-6-8-19(9-7-18)24(27)20-10-12-21(13-11-20)25(28)22-14-5-16(2)15-17(22)3;16-15(17)19-11-7-5-10(6-8-11)13-9-18-14-4-2-1-3-12(13)14;/h4-9,14-15,20-21H,1,10-13H2,2-3H3;1-9,12,15H;1H. The maximum atomic E-state index is 12.9. The zero-order valence-corrected chi connectivity index (χ0v) is 26.5. The zero-order chi connectivity index (χ0) is 33.5. The van der Waals surface area contributed by atoms with Gasteiger partial charge < -0.3 is 4.74 Å². The second-order valence-electron chi connectivity index (χ2n) is 12.0. The van der Waals surface area contributed by atoms with Gasteiger partial charge in [0.2, 0.25) is 0 Å². The molecule has 3 aromatic carbocycles. The van der Waals surface area contributed by atoms with Crippen molar-refractivity contribution in [1.29, 1.82) is 0 Å². The molecule has 0 aromatic heterocycles. The normalized spacial score (nSPS) is 19.6. The molecule has 6 rings (SSSR count). The molecule has 47 heavy (non-hydrogen) atoms. The van der Waals surface area contributed by atoms with Crippen molar-refractivity contribution in [1.82, 2.24) is 0 Å². The monoisotopic (exact) mass is 635 g/mol. The summed E-state index contributed by atoms with van der Waals surface area (Å²) in [5, 5.41) is 0. The average molecular weight is 636 g/mol. The van der Waals surface area contributed by atoms with Gasteiger partial charge in [-0.3, -0.25) is 19.4 Å². The molecule has 1 heterocycles. The third-order valence-corrected chi connectivity index (χ3v) is 8.86. The van der Waals surface area contributed by atoms with Gasteiger partial charge in [-0.05, 0) is 80.5 Å². The number of carbonyl (C=O) groups is 3. The summed E-state index contributed by atoms with van der Waals surface area (Å²) in [4.78, 5) is 41.7. The Balaban J connectivity index is 0.000000227. The Labute approximate surface area is 275 Å². The molecule has 7 heteroatoms. The highest BCUT2D eigenvalue weighted by Crippen LogP contribution is 2.35. The summed E-state index contributed by atoms with van der Waals surface area (Å²) >= 11 is 0. The van der Waals surface area contributed by atoms with Crippen molar-refractivity contribution in [3.8, 4) is 5.75 Å². The fourth-order valence-electron chi connectivity index (χ4n) is 6.31. The Kier molecular flexibility index (Phi) is 10.7. The Hall–Kier alpha value is -5.04. The molecular weight excluding hydrogens is 596 g/mol. The lowest BCUT2D eigenvalue weighted by Crippen LogP contribution is -2.26. The van der Waals surface area contributed by atoms with Gasteiger partial charge in [0.1, 0.15) is 5.75 Å². The van der Waals surface area contributed by atoms with E-state index in [2.05, 4.69) is 22.4 Å². The van der Waals surface area contributed by atoms with Crippen LogP contribution in [0.1, 0.15) is 74.9 Å². The first kappa shape index (κ1) is 33.3. The molecule has 2 aliphatic carbocycles. The van der Waals surface area contributed by atoms with Gasteiger partial charge in [-0.2, -0.15) is 8.78 Å². The number of benzene rings is 3. The molecule has 1 atom stereocenters. The largest absolute Gasteiger partial charge is 0.435 e. The maximum Gasteiger partial charge on any atom is 0.387 e. The first-order valence-corrected chi connectivity index (χ1v) is 15.7.